The van der Waals surface area contributed by atoms with Crippen LogP contribution < -0.4 is 9.46 Å². The van der Waals surface area contributed by atoms with Crippen LogP contribution in [0.15, 0.2) is 65.6 Å². The fourth-order valence-corrected chi connectivity index (χ4v) is 4.32. The van der Waals surface area contributed by atoms with Crippen LogP contribution in [-0.2, 0) is 39.8 Å². The van der Waals surface area contributed by atoms with Gasteiger partial charge in [-0.25, -0.2) is 8.42 Å². The summed E-state index contributed by atoms with van der Waals surface area (Å²) >= 11 is 0. The van der Waals surface area contributed by atoms with Crippen molar-refractivity contribution in [2.45, 2.75) is 29.8 Å². The van der Waals surface area contributed by atoms with Crippen molar-refractivity contribution in [2.24, 2.45) is 0 Å². The molecule has 0 radical (unpaired) electrons. The van der Waals surface area contributed by atoms with E-state index in [2.05, 4.69) is 0 Å². The first-order valence-electron chi connectivity index (χ1n) is 10.3. The molecule has 2 N–H and O–H groups in total. The van der Waals surface area contributed by atoms with Crippen LogP contribution in [0.2, 0.25) is 0 Å². The molecule has 0 atom stereocenters. The standard InChI is InChI=1S/C23H14F9NO5S/c24-21(25,26)13-5-6-19(38-18-4-2-1-3-12(18)7-20(34)35)17(11-13)33-39(36,37)16-9-14(22(27,28)29)8-15(10-16)23(30,31)32/h1-6,8-11,33H,7H2,(H,34,35). The molecule has 210 valence electrons. The number of halogens is 9. The first kappa shape index (κ1) is 29.6. The quantitative estimate of drug-likeness (QED) is 0.292. The highest BCUT2D eigenvalue weighted by Crippen LogP contribution is 2.40. The van der Waals surface area contributed by atoms with E-state index in [0.29, 0.717) is 12.1 Å². The van der Waals surface area contributed by atoms with Crippen LogP contribution in [0.5, 0.6) is 11.5 Å². The largest absolute Gasteiger partial charge is 0.481 e. The molecular formula is C23H14F9NO5S. The molecule has 0 aliphatic heterocycles. The van der Waals surface area contributed by atoms with Crippen molar-refractivity contribution in [1.82, 2.24) is 0 Å². The summed E-state index contributed by atoms with van der Waals surface area (Å²) in [7, 11) is -5.38. The highest BCUT2D eigenvalue weighted by molar-refractivity contribution is 7.92. The van der Waals surface area contributed by atoms with Crippen molar-refractivity contribution in [3.63, 3.8) is 0 Å². The molecule has 0 aliphatic rings. The van der Waals surface area contributed by atoms with Crippen LogP contribution in [0, 0.1) is 0 Å². The molecule has 0 bridgehead atoms. The SMILES string of the molecule is O=C(O)Cc1ccccc1Oc1ccc(C(F)(F)F)cc1NS(=O)(=O)c1cc(C(F)(F)F)cc(C(F)(F)F)c1. The van der Waals surface area contributed by atoms with Crippen LogP contribution in [0.3, 0.4) is 0 Å². The molecule has 0 spiro atoms. The predicted octanol–water partition coefficient (Wildman–Crippen LogP) is 6.96. The summed E-state index contributed by atoms with van der Waals surface area (Å²) in [5.74, 6) is -2.20. The van der Waals surface area contributed by atoms with E-state index in [-0.39, 0.29) is 35.6 Å². The van der Waals surface area contributed by atoms with Gasteiger partial charge in [0.15, 0.2) is 5.75 Å². The van der Waals surface area contributed by atoms with Gasteiger partial charge in [0.05, 0.1) is 33.7 Å². The molecular weight excluding hydrogens is 573 g/mol. The topological polar surface area (TPSA) is 92.7 Å². The highest BCUT2D eigenvalue weighted by Gasteiger charge is 2.39. The van der Waals surface area contributed by atoms with Crippen molar-refractivity contribution in [1.29, 1.82) is 0 Å². The average molecular weight is 587 g/mol. The summed E-state index contributed by atoms with van der Waals surface area (Å²) in [5.41, 5.74) is -6.36. The summed E-state index contributed by atoms with van der Waals surface area (Å²) in [4.78, 5) is 9.56. The van der Waals surface area contributed by atoms with E-state index in [4.69, 9.17) is 9.84 Å². The molecule has 0 fully saturated rings. The monoisotopic (exact) mass is 587 g/mol. The van der Waals surface area contributed by atoms with E-state index in [9.17, 15) is 52.7 Å². The van der Waals surface area contributed by atoms with Gasteiger partial charge in [-0.1, -0.05) is 18.2 Å². The van der Waals surface area contributed by atoms with E-state index in [1.165, 1.54) is 24.3 Å². The molecule has 16 heteroatoms. The fourth-order valence-electron chi connectivity index (χ4n) is 3.19. The number of aliphatic carboxylic acids is 1. The number of carboxylic acids is 1. The van der Waals surface area contributed by atoms with Crippen LogP contribution >= 0.6 is 0 Å². The van der Waals surface area contributed by atoms with Gasteiger partial charge >= 0.3 is 24.5 Å². The summed E-state index contributed by atoms with van der Waals surface area (Å²) in [6, 6.07) is 6.03. The molecule has 3 aromatic carbocycles. The lowest BCUT2D eigenvalue weighted by Gasteiger charge is -2.18. The first-order valence-corrected chi connectivity index (χ1v) is 11.8. The molecule has 0 unspecified atom stereocenters. The molecule has 0 heterocycles. The number of carboxylic acid groups (broad SMARTS) is 1. The summed E-state index contributed by atoms with van der Waals surface area (Å²) < 4.78 is 152. The highest BCUT2D eigenvalue weighted by atomic mass is 32.2. The molecule has 0 aromatic heterocycles. The lowest BCUT2D eigenvalue weighted by atomic mass is 10.1. The maximum Gasteiger partial charge on any atom is 0.416 e. The van der Waals surface area contributed by atoms with Gasteiger partial charge in [0.1, 0.15) is 5.75 Å². The Kier molecular flexibility index (Phi) is 7.83. The van der Waals surface area contributed by atoms with Crippen LogP contribution in [0.1, 0.15) is 22.3 Å². The van der Waals surface area contributed by atoms with Gasteiger partial charge in [-0.05, 0) is 42.5 Å². The third kappa shape index (κ3) is 7.34. The number of hydrogen-bond donors (Lipinski definition) is 2. The zero-order chi connectivity index (χ0) is 29.4. The minimum Gasteiger partial charge on any atom is -0.481 e. The van der Waals surface area contributed by atoms with E-state index in [1.54, 1.807) is 4.72 Å². The molecule has 0 saturated carbocycles. The average Bonchev–Trinajstić information content (AvgIpc) is 2.79. The lowest BCUT2D eigenvalue weighted by Crippen LogP contribution is -2.18. The van der Waals surface area contributed by atoms with Gasteiger partial charge in [0.25, 0.3) is 10.0 Å². The van der Waals surface area contributed by atoms with Gasteiger partial charge in [-0.3, -0.25) is 9.52 Å². The van der Waals surface area contributed by atoms with Crippen LogP contribution in [0.25, 0.3) is 0 Å². The normalized spacial score (nSPS) is 12.7. The van der Waals surface area contributed by atoms with E-state index >= 15 is 0 Å². The predicted molar refractivity (Wildman–Crippen MR) is 117 cm³/mol. The Morgan fingerprint density at radius 1 is 0.744 bits per heavy atom. The van der Waals surface area contributed by atoms with Crippen molar-refractivity contribution in [3.8, 4) is 11.5 Å². The van der Waals surface area contributed by atoms with Crippen LogP contribution in [0.4, 0.5) is 45.2 Å². The maximum absolute atomic E-state index is 13.3. The second kappa shape index (κ2) is 10.3. The third-order valence-electron chi connectivity index (χ3n) is 4.96. The zero-order valence-electron chi connectivity index (χ0n) is 18.9. The van der Waals surface area contributed by atoms with Crippen molar-refractivity contribution in [3.05, 3.63) is 82.9 Å². The van der Waals surface area contributed by atoms with Gasteiger partial charge in [-0.15, -0.1) is 0 Å². The molecule has 3 rings (SSSR count). The van der Waals surface area contributed by atoms with Crippen molar-refractivity contribution < 1.29 is 62.6 Å². The summed E-state index contributed by atoms with van der Waals surface area (Å²) in [6.45, 7) is 0. The molecule has 0 saturated heterocycles. The van der Waals surface area contributed by atoms with Gasteiger partial charge in [0.2, 0.25) is 0 Å². The number of carbonyl (C=O) groups is 1. The molecule has 0 amide bonds. The second-order valence-electron chi connectivity index (χ2n) is 7.84. The van der Waals surface area contributed by atoms with Crippen LogP contribution in [-0.4, -0.2) is 19.5 Å². The van der Waals surface area contributed by atoms with Gasteiger partial charge < -0.3 is 9.84 Å². The Hall–Kier alpha value is -3.95. The van der Waals surface area contributed by atoms with Gasteiger partial charge in [0, 0.05) is 5.56 Å². The third-order valence-corrected chi connectivity index (χ3v) is 6.30. The molecule has 39 heavy (non-hydrogen) atoms. The minimum absolute atomic E-state index is 0.0198. The molecule has 0 aliphatic carbocycles. The Morgan fingerprint density at radius 2 is 1.28 bits per heavy atom. The number of sulfonamides is 1. The minimum atomic E-state index is -5.40. The summed E-state index contributed by atoms with van der Waals surface area (Å²) in [5, 5.41) is 9.04. The number of nitrogens with one attached hydrogen (secondary N) is 1. The lowest BCUT2D eigenvalue weighted by molar-refractivity contribution is -0.143. The fraction of sp³-hybridized carbons (Fsp3) is 0.174. The maximum atomic E-state index is 13.3. The van der Waals surface area contributed by atoms with Crippen molar-refractivity contribution >= 4 is 21.7 Å². The number of hydrogen-bond acceptors (Lipinski definition) is 4. The first-order chi connectivity index (χ1) is 17.8. The number of benzene rings is 3. The number of rotatable bonds is 7. The second-order valence-corrected chi connectivity index (χ2v) is 9.52. The number of ether oxygens (including phenoxy) is 1. The number of anilines is 1. The Morgan fingerprint density at radius 3 is 1.79 bits per heavy atom. The van der Waals surface area contributed by atoms with E-state index in [0.717, 1.165) is 0 Å². The zero-order valence-corrected chi connectivity index (χ0v) is 19.7. The smallest absolute Gasteiger partial charge is 0.416 e. The Labute approximate surface area is 213 Å². The van der Waals surface area contributed by atoms with E-state index < -0.39 is 74.0 Å². The Balaban J connectivity index is 2.15. The molecule has 3 aromatic rings. The van der Waals surface area contributed by atoms with Crippen molar-refractivity contribution in [2.75, 3.05) is 4.72 Å². The Bertz CT molecular complexity index is 1460. The van der Waals surface area contributed by atoms with Gasteiger partial charge in [-0.2, -0.15) is 39.5 Å². The summed E-state index contributed by atoms with van der Waals surface area (Å²) in [6.07, 6.45) is -16.4. The number of alkyl halides is 9. The number of para-hydroxylation sites is 1. The van der Waals surface area contributed by atoms with E-state index in [1.807, 2.05) is 0 Å². The molecule has 6 nitrogen and oxygen atoms in total.